The van der Waals surface area contributed by atoms with Crippen LogP contribution in [0.1, 0.15) is 43.5 Å². The molecule has 0 unspecified atom stereocenters. The maximum Gasteiger partial charge on any atom is 0.338 e. The molecule has 1 amide bonds. The number of carbonyl (C=O) groups is 2. The van der Waals surface area contributed by atoms with Gasteiger partial charge in [0, 0.05) is 18.1 Å². The lowest BCUT2D eigenvalue weighted by Gasteiger charge is -2.24. The molecule has 30 heavy (non-hydrogen) atoms. The van der Waals surface area contributed by atoms with Crippen molar-refractivity contribution in [3.05, 3.63) is 55.7 Å². The van der Waals surface area contributed by atoms with Gasteiger partial charge in [0.05, 0.1) is 5.56 Å². The Kier molecular flexibility index (Phi) is 8.23. The van der Waals surface area contributed by atoms with Crippen molar-refractivity contribution in [3.8, 4) is 0 Å². The first-order valence-electron chi connectivity index (χ1n) is 9.65. The number of nitrogen functional groups attached to an aromatic ring is 1. The fraction of sp³-hybridized carbons (Fsp3) is 0.400. The smallest absolute Gasteiger partial charge is 0.338 e. The summed E-state index contributed by atoms with van der Waals surface area (Å²) in [5.74, 6) is -1.42. The summed E-state index contributed by atoms with van der Waals surface area (Å²) in [5, 5.41) is 0.463. The number of unbranched alkanes of at least 4 members (excludes halogenated alkanes) is 1. The summed E-state index contributed by atoms with van der Waals surface area (Å²) in [7, 11) is 0. The number of aromatic amines is 1. The minimum atomic E-state index is -0.765. The van der Waals surface area contributed by atoms with Gasteiger partial charge in [-0.05, 0) is 37.1 Å². The summed E-state index contributed by atoms with van der Waals surface area (Å²) < 4.78 is 6.31. The Labute approximate surface area is 178 Å². The van der Waals surface area contributed by atoms with Crippen molar-refractivity contribution in [3.63, 3.8) is 0 Å². The van der Waals surface area contributed by atoms with E-state index in [1.807, 2.05) is 13.8 Å². The molecule has 0 bridgehead atoms. The Bertz CT molecular complexity index is 1010. The number of nitrogens with zero attached hydrogens (tertiary/aromatic N) is 2. The third-order valence-corrected chi connectivity index (χ3v) is 4.63. The SMILES string of the molecule is CCCCN(C(=O)COC(=O)c1ccc(Cl)cc1)c1c(N)n(CCC)c(=O)[nH]c1=O. The second-order valence-electron chi connectivity index (χ2n) is 6.63. The first-order valence-corrected chi connectivity index (χ1v) is 10.0. The third-order valence-electron chi connectivity index (χ3n) is 4.37. The maximum atomic E-state index is 12.8. The molecule has 0 fully saturated rings. The van der Waals surface area contributed by atoms with Crippen LogP contribution in [0.4, 0.5) is 11.5 Å². The van der Waals surface area contributed by atoms with E-state index < -0.39 is 29.7 Å². The molecule has 0 aliphatic carbocycles. The van der Waals surface area contributed by atoms with Crippen LogP contribution in [-0.4, -0.2) is 34.6 Å². The van der Waals surface area contributed by atoms with E-state index in [0.717, 1.165) is 6.42 Å². The van der Waals surface area contributed by atoms with Gasteiger partial charge in [-0.3, -0.25) is 19.1 Å². The second kappa shape index (κ2) is 10.6. The van der Waals surface area contributed by atoms with Crippen molar-refractivity contribution < 1.29 is 14.3 Å². The standard InChI is InChI=1S/C20H25ClN4O5/c1-3-5-11-24(16-17(22)25(10-4-2)20(29)23-18(16)27)15(26)12-30-19(28)13-6-8-14(21)9-7-13/h6-9H,3-5,10-12,22H2,1-2H3,(H,23,27,29). The van der Waals surface area contributed by atoms with Gasteiger partial charge >= 0.3 is 11.7 Å². The third kappa shape index (κ3) is 5.50. The van der Waals surface area contributed by atoms with Crippen LogP contribution in [0, 0.1) is 0 Å². The molecule has 0 spiro atoms. The first kappa shape index (κ1) is 23.2. The molecule has 1 aromatic heterocycles. The molecular formula is C20H25ClN4O5. The average Bonchev–Trinajstić information content (AvgIpc) is 2.71. The number of benzene rings is 1. The van der Waals surface area contributed by atoms with Crippen molar-refractivity contribution >= 4 is 35.0 Å². The Hall–Kier alpha value is -3.07. The zero-order valence-electron chi connectivity index (χ0n) is 16.9. The van der Waals surface area contributed by atoms with Crippen molar-refractivity contribution in [2.24, 2.45) is 0 Å². The van der Waals surface area contributed by atoms with Gasteiger partial charge in [-0.25, -0.2) is 9.59 Å². The quantitative estimate of drug-likeness (QED) is 0.580. The Balaban J connectivity index is 2.29. The number of hydrogen-bond donors (Lipinski definition) is 2. The van der Waals surface area contributed by atoms with Crippen LogP contribution in [0.5, 0.6) is 0 Å². The van der Waals surface area contributed by atoms with Gasteiger partial charge in [0.2, 0.25) is 0 Å². The molecule has 0 radical (unpaired) electrons. The highest BCUT2D eigenvalue weighted by atomic mass is 35.5. The number of aromatic nitrogens is 2. The van der Waals surface area contributed by atoms with Crippen LogP contribution in [-0.2, 0) is 16.1 Å². The minimum absolute atomic E-state index is 0.0981. The van der Waals surface area contributed by atoms with Gasteiger partial charge < -0.3 is 15.4 Å². The number of nitrogens with two attached hydrogens (primary N) is 1. The number of rotatable bonds is 9. The lowest BCUT2D eigenvalue weighted by Crippen LogP contribution is -2.43. The van der Waals surface area contributed by atoms with Crippen molar-refractivity contribution in [1.29, 1.82) is 0 Å². The summed E-state index contributed by atoms with van der Waals surface area (Å²) in [6.45, 7) is 3.67. The predicted octanol–water partition coefficient (Wildman–Crippen LogP) is 2.17. The van der Waals surface area contributed by atoms with Crippen LogP contribution in [0.15, 0.2) is 33.9 Å². The van der Waals surface area contributed by atoms with E-state index in [-0.39, 0.29) is 30.2 Å². The van der Waals surface area contributed by atoms with Crippen LogP contribution in [0.3, 0.4) is 0 Å². The molecule has 0 atom stereocenters. The van der Waals surface area contributed by atoms with Gasteiger partial charge in [-0.1, -0.05) is 31.9 Å². The number of anilines is 2. The molecule has 1 aromatic carbocycles. The van der Waals surface area contributed by atoms with E-state index in [9.17, 15) is 19.2 Å². The van der Waals surface area contributed by atoms with Crippen LogP contribution < -0.4 is 21.9 Å². The summed E-state index contributed by atoms with van der Waals surface area (Å²) >= 11 is 5.80. The molecule has 3 N–H and O–H groups in total. The highest BCUT2D eigenvalue weighted by Crippen LogP contribution is 2.18. The van der Waals surface area contributed by atoms with Gasteiger partial charge in [-0.2, -0.15) is 0 Å². The summed E-state index contributed by atoms with van der Waals surface area (Å²) in [6, 6.07) is 6.02. The van der Waals surface area contributed by atoms with Gasteiger partial charge in [0.1, 0.15) is 5.82 Å². The number of ether oxygens (including phenoxy) is 1. The molecular weight excluding hydrogens is 412 g/mol. The average molecular weight is 437 g/mol. The number of amides is 1. The van der Waals surface area contributed by atoms with Crippen molar-refractivity contribution in [1.82, 2.24) is 9.55 Å². The number of esters is 1. The summed E-state index contributed by atoms with van der Waals surface area (Å²) in [4.78, 5) is 52.9. The van der Waals surface area contributed by atoms with E-state index in [1.54, 1.807) is 0 Å². The molecule has 0 saturated heterocycles. The molecule has 0 aliphatic rings. The fourth-order valence-electron chi connectivity index (χ4n) is 2.84. The molecule has 10 heteroatoms. The number of halogens is 1. The lowest BCUT2D eigenvalue weighted by atomic mass is 10.2. The lowest BCUT2D eigenvalue weighted by molar-refractivity contribution is -0.121. The van der Waals surface area contributed by atoms with Gasteiger partial charge in [0.15, 0.2) is 12.3 Å². The van der Waals surface area contributed by atoms with Gasteiger partial charge in [0.25, 0.3) is 11.5 Å². The van der Waals surface area contributed by atoms with E-state index >= 15 is 0 Å². The Morgan fingerprint density at radius 3 is 2.43 bits per heavy atom. The van der Waals surface area contributed by atoms with E-state index in [2.05, 4.69) is 4.98 Å². The molecule has 2 rings (SSSR count). The van der Waals surface area contributed by atoms with Crippen molar-refractivity contribution in [2.45, 2.75) is 39.7 Å². The zero-order valence-corrected chi connectivity index (χ0v) is 17.7. The van der Waals surface area contributed by atoms with E-state index in [4.69, 9.17) is 22.1 Å². The minimum Gasteiger partial charge on any atom is -0.452 e. The Morgan fingerprint density at radius 1 is 1.17 bits per heavy atom. The number of hydrogen-bond acceptors (Lipinski definition) is 6. The van der Waals surface area contributed by atoms with Gasteiger partial charge in [-0.15, -0.1) is 0 Å². The monoisotopic (exact) mass is 436 g/mol. The van der Waals surface area contributed by atoms with Crippen molar-refractivity contribution in [2.75, 3.05) is 23.8 Å². The second-order valence-corrected chi connectivity index (χ2v) is 7.06. The van der Waals surface area contributed by atoms with Crippen LogP contribution in [0.25, 0.3) is 0 Å². The predicted molar refractivity (Wildman–Crippen MR) is 115 cm³/mol. The van der Waals surface area contributed by atoms with Crippen LogP contribution >= 0.6 is 11.6 Å². The Morgan fingerprint density at radius 2 is 1.83 bits per heavy atom. The largest absolute Gasteiger partial charge is 0.452 e. The number of H-pyrrole nitrogens is 1. The zero-order chi connectivity index (χ0) is 22.3. The van der Waals surface area contributed by atoms with E-state index in [1.165, 1.54) is 33.7 Å². The molecule has 0 aliphatic heterocycles. The molecule has 1 heterocycles. The molecule has 9 nitrogen and oxygen atoms in total. The summed E-state index contributed by atoms with van der Waals surface area (Å²) in [5.41, 5.74) is 4.78. The number of carbonyl (C=O) groups excluding carboxylic acids is 2. The normalized spacial score (nSPS) is 10.6. The fourth-order valence-corrected chi connectivity index (χ4v) is 2.96. The topological polar surface area (TPSA) is 127 Å². The molecule has 0 saturated carbocycles. The molecule has 2 aromatic rings. The number of nitrogens with one attached hydrogen (secondary N) is 1. The molecule has 162 valence electrons. The maximum absolute atomic E-state index is 12.8. The highest BCUT2D eigenvalue weighted by Gasteiger charge is 2.25. The highest BCUT2D eigenvalue weighted by molar-refractivity contribution is 6.30. The summed E-state index contributed by atoms with van der Waals surface area (Å²) in [6.07, 6.45) is 1.95. The van der Waals surface area contributed by atoms with Crippen LogP contribution in [0.2, 0.25) is 5.02 Å². The van der Waals surface area contributed by atoms with E-state index in [0.29, 0.717) is 17.9 Å². The first-order chi connectivity index (χ1) is 14.3.